The molecular formula is C9H11N3S2. The highest BCUT2D eigenvalue weighted by molar-refractivity contribution is 7.15. The highest BCUT2D eigenvalue weighted by atomic mass is 32.1. The van der Waals surface area contributed by atoms with Crippen molar-refractivity contribution in [2.24, 2.45) is 0 Å². The van der Waals surface area contributed by atoms with E-state index in [9.17, 15) is 0 Å². The van der Waals surface area contributed by atoms with Crippen LogP contribution in [0.1, 0.15) is 12.6 Å². The summed E-state index contributed by atoms with van der Waals surface area (Å²) in [7, 11) is 1.88. The summed E-state index contributed by atoms with van der Waals surface area (Å²) in [4.78, 5) is 9.97. The van der Waals surface area contributed by atoms with Crippen LogP contribution >= 0.6 is 22.7 Å². The normalized spacial score (nSPS) is 10.4. The minimum absolute atomic E-state index is 0.954. The maximum absolute atomic E-state index is 4.46. The van der Waals surface area contributed by atoms with Crippen LogP contribution in [0.25, 0.3) is 10.6 Å². The fourth-order valence-electron chi connectivity index (χ4n) is 1.22. The predicted molar refractivity (Wildman–Crippen MR) is 62.1 cm³/mol. The molecule has 5 heteroatoms. The number of aromatic nitrogens is 2. The van der Waals surface area contributed by atoms with Gasteiger partial charge >= 0.3 is 0 Å². The molecular weight excluding hydrogens is 214 g/mol. The number of aryl methyl sites for hydroxylation is 1. The maximum Gasteiger partial charge on any atom is 0.182 e. The Morgan fingerprint density at radius 1 is 1.43 bits per heavy atom. The molecule has 2 aromatic heterocycles. The molecule has 0 aliphatic carbocycles. The molecule has 2 rings (SSSR count). The molecule has 1 N–H and O–H groups in total. The Morgan fingerprint density at radius 3 is 2.93 bits per heavy atom. The van der Waals surface area contributed by atoms with E-state index < -0.39 is 0 Å². The van der Waals surface area contributed by atoms with E-state index in [0.717, 1.165) is 22.9 Å². The van der Waals surface area contributed by atoms with Gasteiger partial charge in [0.1, 0.15) is 0 Å². The molecule has 0 bridgehead atoms. The van der Waals surface area contributed by atoms with E-state index >= 15 is 0 Å². The molecule has 2 heterocycles. The van der Waals surface area contributed by atoms with Crippen molar-refractivity contribution in [2.45, 2.75) is 13.3 Å². The molecule has 0 amide bonds. The number of hydrogen-bond donors (Lipinski definition) is 1. The van der Waals surface area contributed by atoms with Gasteiger partial charge in [0, 0.05) is 12.4 Å². The number of anilines is 1. The smallest absolute Gasteiger partial charge is 0.182 e. The first-order chi connectivity index (χ1) is 6.85. The second kappa shape index (κ2) is 4.06. The van der Waals surface area contributed by atoms with Gasteiger partial charge in [-0.1, -0.05) is 6.92 Å². The van der Waals surface area contributed by atoms with E-state index in [-0.39, 0.29) is 0 Å². The molecule has 0 aromatic carbocycles. The van der Waals surface area contributed by atoms with E-state index in [0.29, 0.717) is 0 Å². The summed E-state index contributed by atoms with van der Waals surface area (Å²) in [6.45, 7) is 2.11. The first-order valence-corrected chi connectivity index (χ1v) is 6.17. The monoisotopic (exact) mass is 225 g/mol. The molecule has 14 heavy (non-hydrogen) atoms. The molecule has 0 aliphatic heterocycles. The zero-order valence-corrected chi connectivity index (χ0v) is 9.71. The first kappa shape index (κ1) is 9.61. The molecule has 0 saturated carbocycles. The summed E-state index contributed by atoms with van der Waals surface area (Å²) in [5.74, 6) is 0. The van der Waals surface area contributed by atoms with E-state index in [1.165, 1.54) is 4.88 Å². The van der Waals surface area contributed by atoms with Crippen LogP contribution in [0, 0.1) is 0 Å². The van der Waals surface area contributed by atoms with Crippen molar-refractivity contribution >= 4 is 27.8 Å². The Balaban J connectivity index is 2.38. The predicted octanol–water partition coefficient (Wildman–Crippen LogP) is 2.87. The number of rotatable bonds is 3. The van der Waals surface area contributed by atoms with Crippen LogP contribution < -0.4 is 5.32 Å². The van der Waals surface area contributed by atoms with Crippen LogP contribution in [0.3, 0.4) is 0 Å². The van der Waals surface area contributed by atoms with Gasteiger partial charge in [-0.3, -0.25) is 0 Å². The SMILES string of the molecule is CCc1ncsc1-c1csc(NC)n1. The molecule has 74 valence electrons. The van der Waals surface area contributed by atoms with Gasteiger partial charge in [-0.25, -0.2) is 9.97 Å². The third kappa shape index (κ3) is 1.65. The first-order valence-electron chi connectivity index (χ1n) is 4.41. The summed E-state index contributed by atoms with van der Waals surface area (Å²) in [6.07, 6.45) is 0.964. The van der Waals surface area contributed by atoms with Crippen molar-refractivity contribution in [1.29, 1.82) is 0 Å². The Kier molecular flexibility index (Phi) is 2.79. The minimum Gasteiger partial charge on any atom is -0.365 e. The van der Waals surface area contributed by atoms with Gasteiger partial charge in [-0.2, -0.15) is 0 Å². The van der Waals surface area contributed by atoms with Gasteiger partial charge in [0.2, 0.25) is 0 Å². The highest BCUT2D eigenvalue weighted by Crippen LogP contribution is 2.30. The number of thiazole rings is 2. The summed E-state index contributed by atoms with van der Waals surface area (Å²) in [5, 5.41) is 6.06. The maximum atomic E-state index is 4.46. The van der Waals surface area contributed by atoms with Gasteiger partial charge in [0.15, 0.2) is 5.13 Å². The molecule has 3 nitrogen and oxygen atoms in total. The van der Waals surface area contributed by atoms with E-state index in [2.05, 4.69) is 27.6 Å². The number of nitrogens with zero attached hydrogens (tertiary/aromatic N) is 2. The molecule has 0 saturated heterocycles. The van der Waals surface area contributed by atoms with Crippen molar-refractivity contribution in [3.05, 3.63) is 16.6 Å². The van der Waals surface area contributed by atoms with Crippen LogP contribution in [-0.2, 0) is 6.42 Å². The van der Waals surface area contributed by atoms with E-state index in [4.69, 9.17) is 0 Å². The van der Waals surface area contributed by atoms with Crippen LogP contribution in [0.4, 0.5) is 5.13 Å². The van der Waals surface area contributed by atoms with Crippen molar-refractivity contribution in [3.63, 3.8) is 0 Å². The lowest BCUT2D eigenvalue weighted by atomic mass is 10.2. The summed E-state index contributed by atoms with van der Waals surface area (Å²) in [5.41, 5.74) is 4.06. The fourth-order valence-corrected chi connectivity index (χ4v) is 2.80. The minimum atomic E-state index is 0.954. The average Bonchev–Trinajstić information content (AvgIpc) is 2.85. The zero-order valence-electron chi connectivity index (χ0n) is 8.07. The lowest BCUT2D eigenvalue weighted by molar-refractivity contribution is 1.06. The Labute approximate surface area is 90.9 Å². The highest BCUT2D eigenvalue weighted by Gasteiger charge is 2.10. The van der Waals surface area contributed by atoms with Gasteiger partial charge in [-0.15, -0.1) is 22.7 Å². The van der Waals surface area contributed by atoms with Gasteiger partial charge in [0.05, 0.1) is 21.8 Å². The van der Waals surface area contributed by atoms with Crippen molar-refractivity contribution in [2.75, 3.05) is 12.4 Å². The van der Waals surface area contributed by atoms with E-state index in [1.807, 2.05) is 12.6 Å². The fraction of sp³-hybridized carbons (Fsp3) is 0.333. The molecule has 0 aliphatic rings. The van der Waals surface area contributed by atoms with Gasteiger partial charge in [-0.05, 0) is 6.42 Å². The lowest BCUT2D eigenvalue weighted by Crippen LogP contribution is -1.87. The molecule has 0 radical (unpaired) electrons. The Morgan fingerprint density at radius 2 is 2.29 bits per heavy atom. The number of nitrogens with one attached hydrogen (secondary N) is 1. The standard InChI is InChI=1S/C9H11N3S2/c1-3-6-8(14-5-11-6)7-4-13-9(10-2)12-7/h4-5H,3H2,1-2H3,(H,10,12). The number of hydrogen-bond acceptors (Lipinski definition) is 5. The summed E-state index contributed by atoms with van der Waals surface area (Å²) < 4.78 is 0. The largest absolute Gasteiger partial charge is 0.365 e. The van der Waals surface area contributed by atoms with Crippen molar-refractivity contribution in [3.8, 4) is 10.6 Å². The lowest BCUT2D eigenvalue weighted by Gasteiger charge is -1.94. The van der Waals surface area contributed by atoms with Crippen molar-refractivity contribution < 1.29 is 0 Å². The molecule has 0 fully saturated rings. The summed E-state index contributed by atoms with van der Waals surface area (Å²) >= 11 is 3.28. The Bertz CT molecular complexity index is 419. The van der Waals surface area contributed by atoms with Gasteiger partial charge in [0.25, 0.3) is 0 Å². The second-order valence-electron chi connectivity index (χ2n) is 2.77. The van der Waals surface area contributed by atoms with E-state index in [1.54, 1.807) is 22.7 Å². The summed E-state index contributed by atoms with van der Waals surface area (Å²) in [6, 6.07) is 0. The van der Waals surface area contributed by atoms with Crippen LogP contribution in [-0.4, -0.2) is 17.0 Å². The third-order valence-electron chi connectivity index (χ3n) is 1.93. The average molecular weight is 225 g/mol. The quantitative estimate of drug-likeness (QED) is 0.872. The molecule has 2 aromatic rings. The van der Waals surface area contributed by atoms with Crippen molar-refractivity contribution in [1.82, 2.24) is 9.97 Å². The van der Waals surface area contributed by atoms with Gasteiger partial charge < -0.3 is 5.32 Å². The second-order valence-corrected chi connectivity index (χ2v) is 4.48. The van der Waals surface area contributed by atoms with Crippen LogP contribution in [0.2, 0.25) is 0 Å². The molecule has 0 spiro atoms. The zero-order chi connectivity index (χ0) is 9.97. The Hall–Kier alpha value is -0.940. The third-order valence-corrected chi connectivity index (χ3v) is 3.68. The molecule has 0 unspecified atom stereocenters. The molecule has 0 atom stereocenters. The topological polar surface area (TPSA) is 37.8 Å². The van der Waals surface area contributed by atoms with Crippen LogP contribution in [0.5, 0.6) is 0 Å². The van der Waals surface area contributed by atoms with Crippen LogP contribution in [0.15, 0.2) is 10.9 Å².